The van der Waals surface area contributed by atoms with Crippen molar-refractivity contribution >= 4 is 28.6 Å². The number of amides is 1. The van der Waals surface area contributed by atoms with Crippen LogP contribution in [0.4, 0.5) is 0 Å². The summed E-state index contributed by atoms with van der Waals surface area (Å²) in [6.45, 7) is 0.885. The van der Waals surface area contributed by atoms with E-state index in [1.807, 2.05) is 35.0 Å². The van der Waals surface area contributed by atoms with E-state index in [1.165, 1.54) is 11.3 Å². The van der Waals surface area contributed by atoms with Crippen LogP contribution in [0.25, 0.3) is 10.6 Å². The predicted octanol–water partition coefficient (Wildman–Crippen LogP) is 2.58. The molecule has 3 N–H and O–H groups in total. The zero-order valence-corrected chi connectivity index (χ0v) is 14.0. The molecule has 0 spiro atoms. The molecule has 0 atom stereocenters. The molecule has 0 saturated carbocycles. The number of hydrogen-bond donors (Lipinski definition) is 2. The second-order valence-electron chi connectivity index (χ2n) is 4.88. The molecule has 23 heavy (non-hydrogen) atoms. The molecule has 2 heterocycles. The van der Waals surface area contributed by atoms with Gasteiger partial charge in [0, 0.05) is 35.6 Å². The lowest BCUT2D eigenvalue weighted by Gasteiger charge is -2.08. The Morgan fingerprint density at radius 3 is 2.87 bits per heavy atom. The molecule has 0 saturated heterocycles. The molecule has 0 aliphatic heterocycles. The third kappa shape index (κ3) is 4.01. The molecule has 0 fully saturated rings. The van der Waals surface area contributed by atoms with E-state index >= 15 is 0 Å². The molecular weight excluding hydrogens is 328 g/mol. The van der Waals surface area contributed by atoms with E-state index < -0.39 is 0 Å². The zero-order valence-electron chi connectivity index (χ0n) is 12.4. The van der Waals surface area contributed by atoms with Crippen LogP contribution in [0.15, 0.2) is 41.2 Å². The molecule has 3 aromatic rings. The first-order chi connectivity index (χ1) is 11.3. The van der Waals surface area contributed by atoms with Crippen molar-refractivity contribution in [3.05, 3.63) is 57.5 Å². The summed E-state index contributed by atoms with van der Waals surface area (Å²) in [6, 6.07) is 7.97. The zero-order chi connectivity index (χ0) is 16.1. The number of carbonyl (C=O) groups excluding carboxylic acids is 1. The van der Waals surface area contributed by atoms with Crippen molar-refractivity contribution in [2.45, 2.75) is 19.5 Å². The molecule has 1 aromatic carbocycles. The Bertz CT molecular complexity index is 783. The largest absolute Gasteiger partial charge is 0.352 e. The molecule has 0 bridgehead atoms. The third-order valence-corrected chi connectivity index (χ3v) is 5.00. The highest BCUT2D eigenvalue weighted by molar-refractivity contribution is 7.13. The molecule has 1 amide bonds. The number of nitrogens with one attached hydrogen (secondary N) is 1. The van der Waals surface area contributed by atoms with E-state index in [0.29, 0.717) is 13.1 Å². The van der Waals surface area contributed by atoms with E-state index in [9.17, 15) is 4.79 Å². The van der Waals surface area contributed by atoms with Crippen LogP contribution in [0.5, 0.6) is 0 Å². The normalized spacial score (nSPS) is 10.7. The lowest BCUT2D eigenvalue weighted by Crippen LogP contribution is -2.25. The van der Waals surface area contributed by atoms with Gasteiger partial charge < -0.3 is 11.1 Å². The highest BCUT2D eigenvalue weighted by Crippen LogP contribution is 2.25. The maximum absolute atomic E-state index is 12.1. The van der Waals surface area contributed by atoms with E-state index in [-0.39, 0.29) is 12.3 Å². The summed E-state index contributed by atoms with van der Waals surface area (Å²) in [6.07, 6.45) is 2.06. The highest BCUT2D eigenvalue weighted by atomic mass is 32.1. The second kappa shape index (κ2) is 7.45. The third-order valence-electron chi connectivity index (χ3n) is 3.27. The van der Waals surface area contributed by atoms with Crippen LogP contribution in [0, 0.1) is 0 Å². The number of aromatic nitrogens is 2. The Kier molecular flexibility index (Phi) is 5.12. The Labute approximate surface area is 142 Å². The summed E-state index contributed by atoms with van der Waals surface area (Å²) in [5.41, 5.74) is 8.41. The van der Waals surface area contributed by atoms with E-state index in [0.717, 1.165) is 26.8 Å². The SMILES string of the molecule is NCc1nc(CC(=O)NCc2ccccc2-c2nccs2)cs1. The smallest absolute Gasteiger partial charge is 0.226 e. The van der Waals surface area contributed by atoms with Crippen LogP contribution in [-0.4, -0.2) is 15.9 Å². The summed E-state index contributed by atoms with van der Waals surface area (Å²) in [7, 11) is 0. The number of rotatable bonds is 6. The summed E-state index contributed by atoms with van der Waals surface area (Å²) in [5.74, 6) is -0.0483. The maximum atomic E-state index is 12.1. The molecular formula is C16H16N4OS2. The molecule has 118 valence electrons. The molecule has 5 nitrogen and oxygen atoms in total. The quantitative estimate of drug-likeness (QED) is 0.720. The topological polar surface area (TPSA) is 80.9 Å². The Morgan fingerprint density at radius 2 is 2.13 bits per heavy atom. The average Bonchev–Trinajstić information content (AvgIpc) is 3.25. The van der Waals surface area contributed by atoms with Gasteiger partial charge in [0.2, 0.25) is 5.91 Å². The van der Waals surface area contributed by atoms with Gasteiger partial charge in [-0.15, -0.1) is 22.7 Å². The number of carbonyl (C=O) groups is 1. The first-order valence-corrected chi connectivity index (χ1v) is 8.90. The van der Waals surface area contributed by atoms with Gasteiger partial charge >= 0.3 is 0 Å². The Hall–Kier alpha value is -2.09. The van der Waals surface area contributed by atoms with Gasteiger partial charge in [0.05, 0.1) is 12.1 Å². The summed E-state index contributed by atoms with van der Waals surface area (Å²) < 4.78 is 0. The van der Waals surface area contributed by atoms with Gasteiger partial charge in [-0.3, -0.25) is 4.79 Å². The van der Waals surface area contributed by atoms with Crippen molar-refractivity contribution in [3.8, 4) is 10.6 Å². The molecule has 7 heteroatoms. The van der Waals surface area contributed by atoms with Crippen LogP contribution in [0.1, 0.15) is 16.3 Å². The Morgan fingerprint density at radius 1 is 1.26 bits per heavy atom. The first kappa shape index (κ1) is 15.8. The molecule has 0 radical (unpaired) electrons. The summed E-state index contributed by atoms with van der Waals surface area (Å²) in [4.78, 5) is 20.7. The maximum Gasteiger partial charge on any atom is 0.226 e. The van der Waals surface area contributed by atoms with Gasteiger partial charge in [0.25, 0.3) is 0 Å². The van der Waals surface area contributed by atoms with Crippen LogP contribution in [-0.2, 0) is 24.3 Å². The Balaban J connectivity index is 1.63. The highest BCUT2D eigenvalue weighted by Gasteiger charge is 2.10. The fourth-order valence-electron chi connectivity index (χ4n) is 2.18. The van der Waals surface area contributed by atoms with Gasteiger partial charge in [-0.05, 0) is 5.56 Å². The van der Waals surface area contributed by atoms with Gasteiger partial charge in [-0.2, -0.15) is 0 Å². The summed E-state index contributed by atoms with van der Waals surface area (Å²) in [5, 5.41) is 8.58. The van der Waals surface area contributed by atoms with Gasteiger partial charge in [0.15, 0.2) is 0 Å². The number of nitrogens with two attached hydrogens (primary N) is 1. The van der Waals surface area contributed by atoms with Crippen molar-refractivity contribution in [3.63, 3.8) is 0 Å². The lowest BCUT2D eigenvalue weighted by atomic mass is 10.1. The van der Waals surface area contributed by atoms with Gasteiger partial charge in [-0.25, -0.2) is 9.97 Å². The van der Waals surface area contributed by atoms with E-state index in [4.69, 9.17) is 5.73 Å². The summed E-state index contributed by atoms with van der Waals surface area (Å²) >= 11 is 3.07. The van der Waals surface area contributed by atoms with Crippen molar-refractivity contribution in [1.82, 2.24) is 15.3 Å². The van der Waals surface area contributed by atoms with E-state index in [1.54, 1.807) is 17.5 Å². The van der Waals surface area contributed by atoms with Crippen molar-refractivity contribution in [2.24, 2.45) is 5.73 Å². The predicted molar refractivity (Wildman–Crippen MR) is 93.1 cm³/mol. The minimum atomic E-state index is -0.0483. The van der Waals surface area contributed by atoms with Crippen molar-refractivity contribution < 1.29 is 4.79 Å². The monoisotopic (exact) mass is 344 g/mol. The number of benzene rings is 1. The average molecular weight is 344 g/mol. The number of thiazole rings is 2. The fraction of sp³-hybridized carbons (Fsp3) is 0.188. The lowest BCUT2D eigenvalue weighted by molar-refractivity contribution is -0.120. The van der Waals surface area contributed by atoms with Crippen molar-refractivity contribution in [2.75, 3.05) is 0 Å². The van der Waals surface area contributed by atoms with Gasteiger partial charge in [0.1, 0.15) is 10.0 Å². The van der Waals surface area contributed by atoms with E-state index in [2.05, 4.69) is 15.3 Å². The van der Waals surface area contributed by atoms with Crippen molar-refractivity contribution in [1.29, 1.82) is 0 Å². The molecule has 0 unspecified atom stereocenters. The standard InChI is InChI=1S/C16H16N4OS2/c17-8-15-20-12(10-23-15)7-14(21)19-9-11-3-1-2-4-13(11)16-18-5-6-22-16/h1-6,10H,7-9,17H2,(H,19,21). The molecule has 0 aliphatic rings. The van der Waals surface area contributed by atoms with Gasteiger partial charge in [-0.1, -0.05) is 24.3 Å². The van der Waals surface area contributed by atoms with Crippen LogP contribution < -0.4 is 11.1 Å². The fourth-order valence-corrected chi connectivity index (χ4v) is 3.56. The van der Waals surface area contributed by atoms with Crippen LogP contribution in [0.2, 0.25) is 0 Å². The van der Waals surface area contributed by atoms with Crippen LogP contribution >= 0.6 is 22.7 Å². The number of nitrogens with zero attached hydrogens (tertiary/aromatic N) is 2. The molecule has 2 aromatic heterocycles. The minimum absolute atomic E-state index is 0.0483. The minimum Gasteiger partial charge on any atom is -0.352 e. The number of hydrogen-bond acceptors (Lipinski definition) is 6. The van der Waals surface area contributed by atoms with Crippen LogP contribution in [0.3, 0.4) is 0 Å². The molecule has 0 aliphatic carbocycles. The molecule has 3 rings (SSSR count). The second-order valence-corrected chi connectivity index (χ2v) is 6.72. The first-order valence-electron chi connectivity index (χ1n) is 7.14.